The third-order valence-electron chi connectivity index (χ3n) is 5.62. The maximum atomic E-state index is 12.6. The molecule has 1 aliphatic carbocycles. The fraction of sp³-hybridized carbons (Fsp3) is 0.632. The van der Waals surface area contributed by atoms with E-state index in [-0.39, 0.29) is 17.6 Å². The summed E-state index contributed by atoms with van der Waals surface area (Å²) in [5.41, 5.74) is 2.00. The SMILES string of the molecule is CC1C2Cc3ccc(O)cc3C1(C)CCN2C(=O)OC(C)(C)C. The number of piperidine rings is 1. The highest BCUT2D eigenvalue weighted by Crippen LogP contribution is 2.49. The van der Waals surface area contributed by atoms with Crippen LogP contribution in [0.4, 0.5) is 4.79 Å². The van der Waals surface area contributed by atoms with E-state index in [1.54, 1.807) is 6.07 Å². The van der Waals surface area contributed by atoms with E-state index in [0.717, 1.165) is 12.8 Å². The van der Waals surface area contributed by atoms with Crippen molar-refractivity contribution in [3.05, 3.63) is 29.3 Å². The highest BCUT2D eigenvalue weighted by Gasteiger charge is 2.50. The topological polar surface area (TPSA) is 49.8 Å². The second kappa shape index (κ2) is 5.15. The molecule has 3 rings (SSSR count). The normalized spacial score (nSPS) is 29.9. The molecule has 1 heterocycles. The Hall–Kier alpha value is -1.71. The first-order valence-electron chi connectivity index (χ1n) is 8.44. The summed E-state index contributed by atoms with van der Waals surface area (Å²) in [4.78, 5) is 14.5. The van der Waals surface area contributed by atoms with Crippen LogP contribution in [-0.4, -0.2) is 34.3 Å². The van der Waals surface area contributed by atoms with Crippen LogP contribution >= 0.6 is 0 Å². The molecule has 1 N–H and O–H groups in total. The van der Waals surface area contributed by atoms with Gasteiger partial charge in [0.05, 0.1) is 0 Å². The number of aromatic hydroxyl groups is 1. The molecule has 1 fully saturated rings. The van der Waals surface area contributed by atoms with Crippen LogP contribution in [0.25, 0.3) is 0 Å². The number of benzene rings is 1. The van der Waals surface area contributed by atoms with Gasteiger partial charge >= 0.3 is 6.09 Å². The number of likely N-dealkylation sites (tertiary alicyclic amines) is 1. The lowest BCUT2D eigenvalue weighted by atomic mass is 9.59. The Bertz CT molecular complexity index is 634. The summed E-state index contributed by atoms with van der Waals surface area (Å²) in [6.07, 6.45) is 1.50. The van der Waals surface area contributed by atoms with Crippen LogP contribution in [0.2, 0.25) is 0 Å². The Balaban J connectivity index is 1.94. The maximum Gasteiger partial charge on any atom is 0.410 e. The molecule has 0 aromatic heterocycles. The second-order valence-corrected chi connectivity index (χ2v) is 8.24. The molecule has 1 saturated heterocycles. The van der Waals surface area contributed by atoms with Crippen molar-refractivity contribution < 1.29 is 14.6 Å². The molecule has 0 saturated carbocycles. The molecule has 4 nitrogen and oxygen atoms in total. The highest BCUT2D eigenvalue weighted by molar-refractivity contribution is 5.69. The smallest absolute Gasteiger partial charge is 0.410 e. The molecular weight excluding hydrogens is 290 g/mol. The lowest BCUT2D eigenvalue weighted by Crippen LogP contribution is -2.60. The van der Waals surface area contributed by atoms with Crippen LogP contribution in [0.1, 0.15) is 52.2 Å². The van der Waals surface area contributed by atoms with Gasteiger partial charge in [-0.05, 0) is 68.2 Å². The molecule has 1 aromatic rings. The zero-order valence-corrected chi connectivity index (χ0v) is 14.7. The van der Waals surface area contributed by atoms with Gasteiger partial charge in [-0.1, -0.05) is 19.9 Å². The predicted octanol–water partition coefficient (Wildman–Crippen LogP) is 3.85. The summed E-state index contributed by atoms with van der Waals surface area (Å²) in [5.74, 6) is 0.656. The van der Waals surface area contributed by atoms with Gasteiger partial charge in [-0.2, -0.15) is 0 Å². The van der Waals surface area contributed by atoms with Crippen LogP contribution in [-0.2, 0) is 16.6 Å². The third kappa shape index (κ3) is 2.68. The first-order valence-corrected chi connectivity index (χ1v) is 8.44. The Morgan fingerprint density at radius 3 is 2.74 bits per heavy atom. The van der Waals surface area contributed by atoms with E-state index in [4.69, 9.17) is 4.74 Å². The van der Waals surface area contributed by atoms with Gasteiger partial charge in [0.25, 0.3) is 0 Å². The van der Waals surface area contributed by atoms with Gasteiger partial charge < -0.3 is 14.7 Å². The van der Waals surface area contributed by atoms with Crippen LogP contribution in [0.15, 0.2) is 18.2 Å². The minimum atomic E-state index is -0.473. The van der Waals surface area contributed by atoms with Crippen molar-refractivity contribution in [2.24, 2.45) is 5.92 Å². The van der Waals surface area contributed by atoms with Gasteiger partial charge in [-0.3, -0.25) is 0 Å². The standard InChI is InChI=1S/C19H27NO3/c1-12-16-10-13-6-7-14(21)11-15(13)19(12,5)8-9-20(16)17(22)23-18(2,3)4/h6-7,11-12,16,21H,8-10H2,1-5H3. The minimum Gasteiger partial charge on any atom is -0.508 e. The second-order valence-electron chi connectivity index (χ2n) is 8.24. The number of nitrogens with zero attached hydrogens (tertiary/aromatic N) is 1. The molecule has 0 radical (unpaired) electrons. The highest BCUT2D eigenvalue weighted by atomic mass is 16.6. The van der Waals surface area contributed by atoms with Gasteiger partial charge in [0.2, 0.25) is 0 Å². The number of carbonyl (C=O) groups excluding carboxylic acids is 1. The molecule has 126 valence electrons. The van der Waals surface area contributed by atoms with Crippen molar-refractivity contribution in [1.29, 1.82) is 0 Å². The molecule has 3 atom stereocenters. The largest absolute Gasteiger partial charge is 0.508 e. The van der Waals surface area contributed by atoms with E-state index in [9.17, 15) is 9.90 Å². The number of ether oxygens (including phenoxy) is 1. The Kier molecular flexibility index (Phi) is 3.62. The molecule has 23 heavy (non-hydrogen) atoms. The fourth-order valence-electron chi connectivity index (χ4n) is 4.15. The van der Waals surface area contributed by atoms with Crippen molar-refractivity contribution in [3.8, 4) is 5.75 Å². The summed E-state index contributed by atoms with van der Waals surface area (Å²) in [6.45, 7) is 10.9. The third-order valence-corrected chi connectivity index (χ3v) is 5.62. The number of amides is 1. The van der Waals surface area contributed by atoms with Crippen LogP contribution in [0.5, 0.6) is 5.75 Å². The number of hydrogen-bond acceptors (Lipinski definition) is 3. The quantitative estimate of drug-likeness (QED) is 0.790. The van der Waals surface area contributed by atoms with Crippen molar-refractivity contribution in [2.45, 2.75) is 64.5 Å². The summed E-state index contributed by atoms with van der Waals surface area (Å²) >= 11 is 0. The number of fused-ring (bicyclic) bond motifs is 4. The molecule has 0 spiro atoms. The number of hydrogen-bond donors (Lipinski definition) is 1. The Morgan fingerprint density at radius 1 is 1.39 bits per heavy atom. The van der Waals surface area contributed by atoms with E-state index >= 15 is 0 Å². The van der Waals surface area contributed by atoms with E-state index < -0.39 is 5.60 Å². The van der Waals surface area contributed by atoms with E-state index in [1.165, 1.54) is 11.1 Å². The van der Waals surface area contributed by atoms with Crippen molar-refractivity contribution in [1.82, 2.24) is 4.90 Å². The number of carbonyl (C=O) groups is 1. The van der Waals surface area contributed by atoms with Gasteiger partial charge in [0.15, 0.2) is 0 Å². The Labute approximate surface area is 138 Å². The number of phenolic OH excluding ortho intramolecular Hbond substituents is 1. The van der Waals surface area contributed by atoms with Gasteiger partial charge in [0.1, 0.15) is 11.4 Å². The number of rotatable bonds is 0. The Morgan fingerprint density at radius 2 is 2.09 bits per heavy atom. The van der Waals surface area contributed by atoms with Crippen LogP contribution < -0.4 is 0 Å². The first kappa shape index (κ1) is 16.2. The molecule has 2 aliphatic rings. The summed E-state index contributed by atoms with van der Waals surface area (Å²) < 4.78 is 5.60. The summed E-state index contributed by atoms with van der Waals surface area (Å²) in [6, 6.07) is 5.80. The molecule has 1 aliphatic heterocycles. The lowest BCUT2D eigenvalue weighted by molar-refractivity contribution is -0.0165. The first-order chi connectivity index (χ1) is 10.6. The summed E-state index contributed by atoms with van der Waals surface area (Å²) in [5, 5.41) is 9.87. The molecule has 2 bridgehead atoms. The van der Waals surface area contributed by atoms with Crippen molar-refractivity contribution >= 4 is 6.09 Å². The van der Waals surface area contributed by atoms with Crippen LogP contribution in [0.3, 0.4) is 0 Å². The monoisotopic (exact) mass is 317 g/mol. The van der Waals surface area contributed by atoms with Gasteiger partial charge in [0, 0.05) is 12.6 Å². The zero-order chi connectivity index (χ0) is 17.0. The van der Waals surface area contributed by atoms with Crippen LogP contribution in [0, 0.1) is 5.92 Å². The molecule has 1 amide bonds. The zero-order valence-electron chi connectivity index (χ0n) is 14.7. The molecule has 1 aromatic carbocycles. The number of phenols is 1. The maximum absolute atomic E-state index is 12.6. The molecule has 4 heteroatoms. The van der Waals surface area contributed by atoms with Crippen molar-refractivity contribution in [3.63, 3.8) is 0 Å². The van der Waals surface area contributed by atoms with Gasteiger partial charge in [-0.25, -0.2) is 4.79 Å². The van der Waals surface area contributed by atoms with Gasteiger partial charge in [-0.15, -0.1) is 0 Å². The average molecular weight is 317 g/mol. The van der Waals surface area contributed by atoms with Crippen molar-refractivity contribution in [2.75, 3.05) is 6.54 Å². The minimum absolute atomic E-state index is 0.00446. The van der Waals surface area contributed by atoms with E-state index in [2.05, 4.69) is 13.8 Å². The molecule has 3 unspecified atom stereocenters. The predicted molar refractivity (Wildman–Crippen MR) is 89.7 cm³/mol. The van der Waals surface area contributed by atoms with E-state index in [0.29, 0.717) is 18.2 Å². The molecular formula is C19H27NO3. The average Bonchev–Trinajstić information content (AvgIpc) is 2.42. The van der Waals surface area contributed by atoms with E-state index in [1.807, 2.05) is 37.8 Å². The summed E-state index contributed by atoms with van der Waals surface area (Å²) in [7, 11) is 0. The lowest BCUT2D eigenvalue weighted by Gasteiger charge is -2.54. The fourth-order valence-corrected chi connectivity index (χ4v) is 4.15.